The van der Waals surface area contributed by atoms with Crippen molar-refractivity contribution in [3.05, 3.63) is 53.3 Å². The highest BCUT2D eigenvalue weighted by Crippen LogP contribution is 2.08. The summed E-state index contributed by atoms with van der Waals surface area (Å²) in [6, 6.07) is 8.61. The Morgan fingerprint density at radius 3 is 2.67 bits per heavy atom. The lowest BCUT2D eigenvalue weighted by molar-refractivity contribution is 0.553. The third-order valence-corrected chi connectivity index (χ3v) is 3.09. The Balaban J connectivity index is 1.78. The van der Waals surface area contributed by atoms with Crippen molar-refractivity contribution in [3.63, 3.8) is 0 Å². The van der Waals surface area contributed by atoms with Gasteiger partial charge in [0.2, 0.25) is 0 Å². The van der Waals surface area contributed by atoms with E-state index in [1.54, 1.807) is 0 Å². The summed E-state index contributed by atoms with van der Waals surface area (Å²) >= 11 is 0. The molecular weight excluding hydrogens is 222 g/mol. The predicted molar refractivity (Wildman–Crippen MR) is 74.5 cm³/mol. The second kappa shape index (κ2) is 6.36. The van der Waals surface area contributed by atoms with Gasteiger partial charge in [-0.05, 0) is 30.0 Å². The molecule has 96 valence electrons. The molecule has 0 bridgehead atoms. The summed E-state index contributed by atoms with van der Waals surface area (Å²) in [7, 11) is 0. The van der Waals surface area contributed by atoms with Gasteiger partial charge in [0, 0.05) is 19.3 Å². The van der Waals surface area contributed by atoms with E-state index in [-0.39, 0.29) is 0 Å². The monoisotopic (exact) mass is 243 g/mol. The molecule has 0 aliphatic carbocycles. The molecule has 1 aromatic carbocycles. The van der Waals surface area contributed by atoms with Gasteiger partial charge in [-0.3, -0.25) is 4.68 Å². The molecular formula is C15H21N3. The molecule has 0 spiro atoms. The molecule has 2 aromatic rings. The normalized spacial score (nSPS) is 10.8. The summed E-state index contributed by atoms with van der Waals surface area (Å²) in [6.45, 7) is 7.06. The van der Waals surface area contributed by atoms with Crippen molar-refractivity contribution in [2.75, 3.05) is 6.54 Å². The second-order valence-corrected chi connectivity index (χ2v) is 4.58. The van der Waals surface area contributed by atoms with Gasteiger partial charge in [-0.1, -0.05) is 31.2 Å². The maximum atomic E-state index is 4.27. The summed E-state index contributed by atoms with van der Waals surface area (Å²) < 4.78 is 1.98. The van der Waals surface area contributed by atoms with Gasteiger partial charge < -0.3 is 5.32 Å². The maximum absolute atomic E-state index is 4.27. The van der Waals surface area contributed by atoms with Crippen LogP contribution in [0.25, 0.3) is 0 Å². The quantitative estimate of drug-likeness (QED) is 0.790. The van der Waals surface area contributed by atoms with E-state index in [2.05, 4.69) is 54.7 Å². The summed E-state index contributed by atoms with van der Waals surface area (Å²) in [5, 5.41) is 7.74. The Morgan fingerprint density at radius 2 is 2.00 bits per heavy atom. The third kappa shape index (κ3) is 3.44. The number of hydrogen-bond acceptors (Lipinski definition) is 2. The van der Waals surface area contributed by atoms with Crippen LogP contribution < -0.4 is 5.32 Å². The topological polar surface area (TPSA) is 29.9 Å². The average molecular weight is 243 g/mol. The Bertz CT molecular complexity index is 488. The van der Waals surface area contributed by atoms with Crippen molar-refractivity contribution >= 4 is 0 Å². The molecule has 0 saturated heterocycles. The zero-order valence-corrected chi connectivity index (χ0v) is 11.2. The standard InChI is InChI=1S/C15H21N3/c1-3-14-6-4-5-7-15(14)11-16-8-9-18-12-13(2)10-17-18/h4-7,10,12,16H,3,8-9,11H2,1-2H3. The molecule has 0 aliphatic heterocycles. The molecule has 1 aromatic heterocycles. The minimum atomic E-state index is 0.919. The van der Waals surface area contributed by atoms with Gasteiger partial charge in [0.05, 0.1) is 12.7 Å². The van der Waals surface area contributed by atoms with Crippen LogP contribution in [0.5, 0.6) is 0 Å². The molecule has 0 saturated carbocycles. The lowest BCUT2D eigenvalue weighted by atomic mass is 10.1. The Kier molecular flexibility index (Phi) is 4.53. The first-order chi connectivity index (χ1) is 8.79. The Labute approximate surface area is 109 Å². The van der Waals surface area contributed by atoms with Crippen LogP contribution in [-0.4, -0.2) is 16.3 Å². The summed E-state index contributed by atoms with van der Waals surface area (Å²) in [5.41, 5.74) is 4.04. The molecule has 0 unspecified atom stereocenters. The van der Waals surface area contributed by atoms with Crippen LogP contribution in [0.3, 0.4) is 0 Å². The first kappa shape index (κ1) is 12.8. The molecule has 3 nitrogen and oxygen atoms in total. The minimum absolute atomic E-state index is 0.919. The molecule has 0 fully saturated rings. The van der Waals surface area contributed by atoms with Crippen LogP contribution in [0.15, 0.2) is 36.7 Å². The zero-order chi connectivity index (χ0) is 12.8. The number of rotatable bonds is 6. The smallest absolute Gasteiger partial charge is 0.0534 e. The van der Waals surface area contributed by atoms with E-state index in [0.717, 1.165) is 26.1 Å². The van der Waals surface area contributed by atoms with Crippen LogP contribution in [0.1, 0.15) is 23.6 Å². The fourth-order valence-electron chi connectivity index (χ4n) is 2.08. The van der Waals surface area contributed by atoms with Gasteiger partial charge in [0.25, 0.3) is 0 Å². The molecule has 1 N–H and O–H groups in total. The van der Waals surface area contributed by atoms with Gasteiger partial charge in [0.1, 0.15) is 0 Å². The van der Waals surface area contributed by atoms with E-state index in [4.69, 9.17) is 0 Å². The number of aromatic nitrogens is 2. The number of benzene rings is 1. The molecule has 3 heteroatoms. The van der Waals surface area contributed by atoms with Gasteiger partial charge in [-0.25, -0.2) is 0 Å². The highest BCUT2D eigenvalue weighted by molar-refractivity contribution is 5.26. The van der Waals surface area contributed by atoms with Crippen molar-refractivity contribution in [1.82, 2.24) is 15.1 Å². The number of hydrogen-bond donors (Lipinski definition) is 1. The largest absolute Gasteiger partial charge is 0.311 e. The van der Waals surface area contributed by atoms with Crippen molar-refractivity contribution in [2.45, 2.75) is 33.4 Å². The van der Waals surface area contributed by atoms with Crippen LogP contribution in [-0.2, 0) is 19.5 Å². The predicted octanol–water partition coefficient (Wildman–Crippen LogP) is 2.54. The Hall–Kier alpha value is -1.61. The summed E-state index contributed by atoms with van der Waals surface area (Å²) in [6.07, 6.45) is 5.06. The second-order valence-electron chi connectivity index (χ2n) is 4.58. The molecule has 0 aliphatic rings. The summed E-state index contributed by atoms with van der Waals surface area (Å²) in [5.74, 6) is 0. The van der Waals surface area contributed by atoms with E-state index in [0.29, 0.717) is 0 Å². The third-order valence-electron chi connectivity index (χ3n) is 3.09. The number of nitrogens with one attached hydrogen (secondary N) is 1. The van der Waals surface area contributed by atoms with Gasteiger partial charge in [-0.2, -0.15) is 5.10 Å². The first-order valence-corrected chi connectivity index (χ1v) is 6.56. The SMILES string of the molecule is CCc1ccccc1CNCCn1cc(C)cn1. The van der Waals surface area contributed by atoms with E-state index < -0.39 is 0 Å². The minimum Gasteiger partial charge on any atom is -0.311 e. The van der Waals surface area contributed by atoms with Crippen molar-refractivity contribution in [1.29, 1.82) is 0 Å². The van der Waals surface area contributed by atoms with Crippen LogP contribution in [0.4, 0.5) is 0 Å². The highest BCUT2D eigenvalue weighted by atomic mass is 15.3. The molecule has 2 rings (SSSR count). The van der Waals surface area contributed by atoms with E-state index in [9.17, 15) is 0 Å². The maximum Gasteiger partial charge on any atom is 0.0534 e. The van der Waals surface area contributed by atoms with E-state index >= 15 is 0 Å². The van der Waals surface area contributed by atoms with E-state index in [1.807, 2.05) is 10.9 Å². The summed E-state index contributed by atoms with van der Waals surface area (Å²) in [4.78, 5) is 0. The van der Waals surface area contributed by atoms with Crippen LogP contribution in [0.2, 0.25) is 0 Å². The molecule has 1 heterocycles. The van der Waals surface area contributed by atoms with Crippen molar-refractivity contribution in [2.24, 2.45) is 0 Å². The van der Waals surface area contributed by atoms with Gasteiger partial charge in [-0.15, -0.1) is 0 Å². The lowest BCUT2D eigenvalue weighted by Gasteiger charge is -2.09. The number of aryl methyl sites for hydroxylation is 2. The Morgan fingerprint density at radius 1 is 1.22 bits per heavy atom. The van der Waals surface area contributed by atoms with Crippen LogP contribution >= 0.6 is 0 Å². The average Bonchev–Trinajstić information content (AvgIpc) is 2.81. The molecule has 0 atom stereocenters. The zero-order valence-electron chi connectivity index (χ0n) is 11.2. The fourth-order valence-corrected chi connectivity index (χ4v) is 2.08. The van der Waals surface area contributed by atoms with Crippen molar-refractivity contribution in [3.8, 4) is 0 Å². The first-order valence-electron chi connectivity index (χ1n) is 6.56. The fraction of sp³-hybridized carbons (Fsp3) is 0.400. The van der Waals surface area contributed by atoms with Gasteiger partial charge in [0.15, 0.2) is 0 Å². The molecule has 0 amide bonds. The van der Waals surface area contributed by atoms with E-state index in [1.165, 1.54) is 16.7 Å². The van der Waals surface area contributed by atoms with Crippen molar-refractivity contribution < 1.29 is 0 Å². The number of nitrogens with zero attached hydrogens (tertiary/aromatic N) is 2. The van der Waals surface area contributed by atoms with Crippen LogP contribution in [0, 0.1) is 6.92 Å². The lowest BCUT2D eigenvalue weighted by Crippen LogP contribution is -2.20. The molecule has 0 radical (unpaired) electrons. The van der Waals surface area contributed by atoms with Gasteiger partial charge >= 0.3 is 0 Å². The highest BCUT2D eigenvalue weighted by Gasteiger charge is 1.99. The molecule has 18 heavy (non-hydrogen) atoms.